The van der Waals surface area contributed by atoms with Crippen molar-refractivity contribution in [3.63, 3.8) is 0 Å². The molecule has 0 aromatic heterocycles. The summed E-state index contributed by atoms with van der Waals surface area (Å²) in [5.74, 6) is -3.77. The summed E-state index contributed by atoms with van der Waals surface area (Å²) in [7, 11) is 0. The number of ketones is 1. The minimum atomic E-state index is -0.865. The van der Waals surface area contributed by atoms with Gasteiger partial charge in [0.2, 0.25) is 0 Å². The number of non-ortho nitro benzene ring substituents is 1. The number of amides is 3. The molecule has 34 heavy (non-hydrogen) atoms. The quantitative estimate of drug-likeness (QED) is 0.203. The Morgan fingerprint density at radius 3 is 2.44 bits per heavy atom. The van der Waals surface area contributed by atoms with Crippen LogP contribution in [-0.2, 0) is 9.59 Å². The van der Waals surface area contributed by atoms with Crippen molar-refractivity contribution in [1.29, 1.82) is 0 Å². The van der Waals surface area contributed by atoms with Gasteiger partial charge in [0.05, 0.1) is 16.8 Å². The van der Waals surface area contributed by atoms with Crippen LogP contribution >= 0.6 is 11.6 Å². The lowest BCUT2D eigenvalue weighted by Gasteiger charge is -2.30. The van der Waals surface area contributed by atoms with E-state index in [1.54, 1.807) is 0 Å². The Balaban J connectivity index is 1.71. The van der Waals surface area contributed by atoms with Gasteiger partial charge in [0.15, 0.2) is 5.78 Å². The zero-order valence-corrected chi connectivity index (χ0v) is 18.9. The van der Waals surface area contributed by atoms with Crippen LogP contribution in [0.1, 0.15) is 40.5 Å². The van der Waals surface area contributed by atoms with Crippen molar-refractivity contribution in [3.8, 4) is 0 Å². The van der Waals surface area contributed by atoms with E-state index in [0.717, 1.165) is 21.7 Å². The summed E-state index contributed by atoms with van der Waals surface area (Å²) >= 11 is 5.88. The van der Waals surface area contributed by atoms with Gasteiger partial charge in [-0.1, -0.05) is 29.3 Å². The predicted octanol–water partition coefficient (Wildman–Crippen LogP) is 3.83. The highest BCUT2D eigenvalue weighted by Crippen LogP contribution is 2.38. The van der Waals surface area contributed by atoms with Crippen molar-refractivity contribution in [3.05, 3.63) is 86.4 Å². The molecule has 2 atom stereocenters. The lowest BCUT2D eigenvalue weighted by Crippen LogP contribution is -2.52. The number of halogens is 1. The zero-order chi connectivity index (χ0) is 24.6. The van der Waals surface area contributed by atoms with E-state index in [0.29, 0.717) is 17.9 Å². The third kappa shape index (κ3) is 4.34. The zero-order valence-electron chi connectivity index (χ0n) is 18.1. The molecule has 2 aromatic rings. The number of imide groups is 1. The first-order valence-corrected chi connectivity index (χ1v) is 10.9. The number of allylic oxidation sites excluding steroid dienone is 2. The van der Waals surface area contributed by atoms with Gasteiger partial charge in [-0.15, -0.1) is 0 Å². The third-order valence-electron chi connectivity index (χ3n) is 6.04. The number of fused-ring (bicyclic) bond motifs is 1. The summed E-state index contributed by atoms with van der Waals surface area (Å²) in [5, 5.41) is 13.2. The van der Waals surface area contributed by atoms with Gasteiger partial charge < -0.3 is 0 Å². The number of hydrogen-bond acceptors (Lipinski definition) is 6. The van der Waals surface area contributed by atoms with Crippen LogP contribution in [0.15, 0.2) is 60.2 Å². The predicted molar refractivity (Wildman–Crippen MR) is 122 cm³/mol. The van der Waals surface area contributed by atoms with E-state index >= 15 is 0 Å². The second-order valence-electron chi connectivity index (χ2n) is 8.29. The van der Waals surface area contributed by atoms with E-state index in [2.05, 4.69) is 0 Å². The third-order valence-corrected chi connectivity index (χ3v) is 6.29. The number of hydrazine groups is 1. The Bertz CT molecular complexity index is 1240. The van der Waals surface area contributed by atoms with Gasteiger partial charge in [0, 0.05) is 28.3 Å². The van der Waals surface area contributed by atoms with Crippen LogP contribution < -0.4 is 0 Å². The molecule has 0 unspecified atom stereocenters. The van der Waals surface area contributed by atoms with Crippen LogP contribution in [0.5, 0.6) is 0 Å². The number of carbonyl (C=O) groups is 4. The van der Waals surface area contributed by atoms with Gasteiger partial charge in [0.25, 0.3) is 23.4 Å². The first kappa shape index (κ1) is 23.3. The maximum absolute atomic E-state index is 13.5. The first-order valence-electron chi connectivity index (χ1n) is 10.6. The highest BCUT2D eigenvalue weighted by Gasteiger charge is 2.51. The highest BCUT2D eigenvalue weighted by atomic mass is 35.5. The minimum Gasteiger partial charge on any atom is -0.292 e. The lowest BCUT2D eigenvalue weighted by molar-refractivity contribution is -0.384. The smallest absolute Gasteiger partial charge is 0.273 e. The van der Waals surface area contributed by atoms with Crippen molar-refractivity contribution >= 4 is 40.8 Å². The van der Waals surface area contributed by atoms with E-state index < -0.39 is 46.8 Å². The fourth-order valence-corrected chi connectivity index (χ4v) is 4.38. The highest BCUT2D eigenvalue weighted by molar-refractivity contribution is 6.30. The van der Waals surface area contributed by atoms with Gasteiger partial charge in [0.1, 0.15) is 6.54 Å². The van der Waals surface area contributed by atoms with Crippen molar-refractivity contribution < 1.29 is 24.1 Å². The van der Waals surface area contributed by atoms with Crippen LogP contribution in [0.4, 0.5) is 5.69 Å². The summed E-state index contributed by atoms with van der Waals surface area (Å²) in [6.07, 6.45) is 2.64. The standard InChI is InChI=1S/C24H20ClN3O6/c1-14-5-10-19-20(11-14)24(32)27(23(19)31)26(13-21(29)15-6-8-17(25)9-7-15)22(30)16-3-2-4-18(12-16)28(33)34/h2-9,12,19-20H,10-11,13H2,1H3/t19-,20+/m1/s1. The largest absolute Gasteiger partial charge is 0.292 e. The Hall–Kier alpha value is -3.85. The molecule has 2 aromatic carbocycles. The topological polar surface area (TPSA) is 118 Å². The summed E-state index contributed by atoms with van der Waals surface area (Å²) in [6.45, 7) is 1.26. The molecule has 2 aliphatic rings. The van der Waals surface area contributed by atoms with Gasteiger partial charge in [-0.05, 0) is 50.1 Å². The maximum Gasteiger partial charge on any atom is 0.273 e. The number of Topliss-reactive ketones (excluding diaryl/α,β-unsaturated/α-hetero) is 1. The number of nitro benzene ring substituents is 1. The summed E-state index contributed by atoms with van der Waals surface area (Å²) < 4.78 is 0. The van der Waals surface area contributed by atoms with E-state index in [9.17, 15) is 29.3 Å². The van der Waals surface area contributed by atoms with E-state index in [4.69, 9.17) is 11.6 Å². The number of hydrogen-bond donors (Lipinski definition) is 0. The summed E-state index contributed by atoms with van der Waals surface area (Å²) in [5.41, 5.74) is 0.749. The average molecular weight is 482 g/mol. The fraction of sp³-hybridized carbons (Fsp3) is 0.250. The molecule has 1 aliphatic carbocycles. The second-order valence-corrected chi connectivity index (χ2v) is 8.73. The molecule has 0 saturated carbocycles. The lowest BCUT2D eigenvalue weighted by atomic mass is 9.82. The maximum atomic E-state index is 13.5. The SMILES string of the molecule is CC1=CC[C@H]2C(=O)N(N(CC(=O)c3ccc(Cl)cc3)C(=O)c3cccc([N+](=O)[O-])c3)C(=O)[C@H]2C1. The molecular formula is C24H20ClN3O6. The Morgan fingerprint density at radius 1 is 1.09 bits per heavy atom. The molecule has 0 bridgehead atoms. The molecule has 9 nitrogen and oxygen atoms in total. The Labute approximate surface area is 199 Å². The van der Waals surface area contributed by atoms with Crippen molar-refractivity contribution in [2.24, 2.45) is 11.8 Å². The van der Waals surface area contributed by atoms with Crippen molar-refractivity contribution in [1.82, 2.24) is 10.0 Å². The molecule has 1 heterocycles. The molecule has 0 N–H and O–H groups in total. The van der Waals surface area contributed by atoms with Gasteiger partial charge in [-0.3, -0.25) is 29.3 Å². The molecule has 1 fully saturated rings. The summed E-state index contributed by atoms with van der Waals surface area (Å²) in [4.78, 5) is 63.5. The second kappa shape index (κ2) is 9.18. The van der Waals surface area contributed by atoms with Gasteiger partial charge >= 0.3 is 0 Å². The summed E-state index contributed by atoms with van der Waals surface area (Å²) in [6, 6.07) is 10.9. The number of nitro groups is 1. The normalized spacial score (nSPS) is 19.5. The van der Waals surface area contributed by atoms with Crippen LogP contribution in [0, 0.1) is 22.0 Å². The molecule has 4 rings (SSSR count). The Morgan fingerprint density at radius 2 is 1.76 bits per heavy atom. The Kier molecular flexibility index (Phi) is 6.30. The monoisotopic (exact) mass is 481 g/mol. The molecule has 0 spiro atoms. The number of nitrogens with zero attached hydrogens (tertiary/aromatic N) is 3. The number of rotatable bonds is 6. The first-order chi connectivity index (χ1) is 16.2. The molecule has 0 radical (unpaired) electrons. The number of benzene rings is 2. The minimum absolute atomic E-state index is 0.122. The van der Waals surface area contributed by atoms with E-state index in [-0.39, 0.29) is 16.8 Å². The van der Waals surface area contributed by atoms with Crippen LogP contribution in [0.2, 0.25) is 5.02 Å². The molecule has 1 aliphatic heterocycles. The van der Waals surface area contributed by atoms with Gasteiger partial charge in [-0.25, -0.2) is 5.01 Å². The molecule has 3 amide bonds. The van der Waals surface area contributed by atoms with E-state index in [1.807, 2.05) is 13.0 Å². The molecule has 174 valence electrons. The molecule has 10 heteroatoms. The van der Waals surface area contributed by atoms with Crippen molar-refractivity contribution in [2.75, 3.05) is 6.54 Å². The van der Waals surface area contributed by atoms with Crippen LogP contribution in [0.3, 0.4) is 0 Å². The van der Waals surface area contributed by atoms with Crippen molar-refractivity contribution in [2.45, 2.75) is 19.8 Å². The van der Waals surface area contributed by atoms with Gasteiger partial charge in [-0.2, -0.15) is 5.01 Å². The molecule has 1 saturated heterocycles. The average Bonchev–Trinajstić information content (AvgIpc) is 3.06. The number of carbonyl (C=O) groups excluding carboxylic acids is 4. The van der Waals surface area contributed by atoms with Crippen LogP contribution in [-0.4, -0.2) is 45.0 Å². The van der Waals surface area contributed by atoms with E-state index in [1.165, 1.54) is 42.5 Å². The van der Waals surface area contributed by atoms with Crippen LogP contribution in [0.25, 0.3) is 0 Å². The molecular weight excluding hydrogens is 462 g/mol. The fourth-order valence-electron chi connectivity index (χ4n) is 4.26.